The SMILES string of the molecule is CC1=C(c2c(S)cccc2-c2c3ccccc3c(-c3ccc4sc5ccccc5c4c3)c3ccccc23)C(C)CC=C1c1c2ccccc2c(C2C3C=CC=CC32)c2ccccc12. The normalized spacial score (nSPS) is 19.5. The summed E-state index contributed by atoms with van der Waals surface area (Å²) in [4.78, 5) is 1.02. The first-order valence-corrected chi connectivity index (χ1v) is 23.7. The molecule has 0 bridgehead atoms. The van der Waals surface area contributed by atoms with Crippen LogP contribution in [-0.4, -0.2) is 0 Å². The van der Waals surface area contributed by atoms with Crippen LogP contribution in [-0.2, 0) is 0 Å². The lowest BCUT2D eigenvalue weighted by Crippen LogP contribution is -2.10. The van der Waals surface area contributed by atoms with E-state index in [1.54, 1.807) is 0 Å². The van der Waals surface area contributed by atoms with Gasteiger partial charge in [0.1, 0.15) is 0 Å². The minimum absolute atomic E-state index is 0.301. The van der Waals surface area contributed by atoms with Crippen molar-refractivity contribution in [2.24, 2.45) is 17.8 Å². The van der Waals surface area contributed by atoms with Crippen LogP contribution >= 0.6 is 24.0 Å². The van der Waals surface area contributed by atoms with Gasteiger partial charge < -0.3 is 0 Å². The van der Waals surface area contributed by atoms with Crippen LogP contribution in [0.25, 0.3) is 96.7 Å². The van der Waals surface area contributed by atoms with Gasteiger partial charge in [-0.2, -0.15) is 0 Å². The lowest BCUT2D eigenvalue weighted by Gasteiger charge is -2.30. The zero-order chi connectivity index (χ0) is 41.9. The zero-order valence-electron chi connectivity index (χ0n) is 35.3. The Labute approximate surface area is 377 Å². The molecule has 0 radical (unpaired) electrons. The minimum atomic E-state index is 0.301. The molecule has 0 N–H and O–H groups in total. The van der Waals surface area contributed by atoms with Gasteiger partial charge in [0.15, 0.2) is 0 Å². The molecule has 0 aliphatic heterocycles. The predicted octanol–water partition coefficient (Wildman–Crippen LogP) is 17.6. The largest absolute Gasteiger partial charge is 0.143 e. The van der Waals surface area contributed by atoms with Gasteiger partial charge in [0.25, 0.3) is 0 Å². The Hall–Kier alpha value is -6.45. The molecule has 1 aromatic heterocycles. The van der Waals surface area contributed by atoms with Crippen LogP contribution in [0.3, 0.4) is 0 Å². The number of fused-ring (bicyclic) bond motifs is 8. The van der Waals surface area contributed by atoms with Gasteiger partial charge in [-0.1, -0.05) is 171 Å². The Morgan fingerprint density at radius 1 is 0.492 bits per heavy atom. The van der Waals surface area contributed by atoms with Gasteiger partial charge in [-0.15, -0.1) is 24.0 Å². The summed E-state index contributed by atoms with van der Waals surface area (Å²) < 4.78 is 2.66. The maximum Gasteiger partial charge on any atom is 0.0355 e. The van der Waals surface area contributed by atoms with Crippen molar-refractivity contribution in [3.8, 4) is 22.3 Å². The summed E-state index contributed by atoms with van der Waals surface area (Å²) in [5, 5.41) is 13.2. The monoisotopic (exact) mass is 840 g/mol. The van der Waals surface area contributed by atoms with Gasteiger partial charge in [0.05, 0.1) is 0 Å². The molecular weight excluding hydrogens is 797 g/mol. The van der Waals surface area contributed by atoms with Crippen LogP contribution in [0.5, 0.6) is 0 Å². The fraction of sp³-hybridized carbons (Fsp3) is 0.115. The maximum absolute atomic E-state index is 5.39. The summed E-state index contributed by atoms with van der Waals surface area (Å²) in [5.74, 6) is 1.96. The van der Waals surface area contributed by atoms with Crippen LogP contribution in [0.2, 0.25) is 0 Å². The van der Waals surface area contributed by atoms with E-state index >= 15 is 0 Å². The molecule has 0 spiro atoms. The number of benzene rings is 9. The fourth-order valence-electron chi connectivity index (χ4n) is 11.9. The zero-order valence-corrected chi connectivity index (χ0v) is 37.0. The van der Waals surface area contributed by atoms with E-state index < -0.39 is 0 Å². The molecule has 13 rings (SSSR count). The van der Waals surface area contributed by atoms with Crippen molar-refractivity contribution >= 4 is 98.4 Å². The lowest BCUT2D eigenvalue weighted by molar-refractivity contribution is 0.753. The van der Waals surface area contributed by atoms with Gasteiger partial charge in [0.2, 0.25) is 0 Å². The molecule has 3 aliphatic rings. The second-order valence-corrected chi connectivity index (χ2v) is 19.5. The second-order valence-electron chi connectivity index (χ2n) is 18.0. The number of thiol groups is 1. The third-order valence-corrected chi connectivity index (χ3v) is 16.2. The van der Waals surface area contributed by atoms with Crippen molar-refractivity contribution in [3.63, 3.8) is 0 Å². The summed E-state index contributed by atoms with van der Waals surface area (Å²) in [7, 11) is 0. The molecule has 0 nitrogen and oxygen atoms in total. The number of allylic oxidation sites excluding steroid dienone is 8. The van der Waals surface area contributed by atoms with Crippen molar-refractivity contribution in [3.05, 3.63) is 210 Å². The highest BCUT2D eigenvalue weighted by atomic mass is 32.1. The van der Waals surface area contributed by atoms with Crippen molar-refractivity contribution in [2.75, 3.05) is 0 Å². The standard InChI is InChI=1S/C61H44S2/c1-35-30-32-38(57-44-21-7-9-23-46(44)59(47-24-10-8-22-45(47)57)60-48-25-11-12-26-49(48)60)36(2)55(35)61-50(27-15-28-52(61)62)58-42-19-5-3-17-40(42)56(41-18-4-6-20-43(41)58)37-31-33-54-51(34-37)39-16-13-14-29-53(39)63-54/h3-29,31-35,48-49,60,62H,30H2,1-2H3. The van der Waals surface area contributed by atoms with E-state index in [1.807, 2.05) is 11.3 Å². The summed E-state index contributed by atoms with van der Waals surface area (Å²) in [6, 6.07) is 59.3. The van der Waals surface area contributed by atoms with Crippen LogP contribution < -0.4 is 0 Å². The van der Waals surface area contributed by atoms with Gasteiger partial charge in [-0.25, -0.2) is 0 Å². The van der Waals surface area contributed by atoms with Crippen LogP contribution in [0.1, 0.15) is 42.9 Å². The second kappa shape index (κ2) is 14.3. The Bertz CT molecular complexity index is 3590. The van der Waals surface area contributed by atoms with E-state index in [9.17, 15) is 0 Å². The number of thiophene rings is 1. The first-order valence-electron chi connectivity index (χ1n) is 22.4. The van der Waals surface area contributed by atoms with E-state index in [-0.39, 0.29) is 0 Å². The van der Waals surface area contributed by atoms with E-state index in [0.717, 1.165) is 11.3 Å². The summed E-state index contributed by atoms with van der Waals surface area (Å²) in [6.45, 7) is 4.79. The summed E-state index contributed by atoms with van der Waals surface area (Å²) in [6.07, 6.45) is 12.8. The van der Waals surface area contributed by atoms with Crippen LogP contribution in [0.4, 0.5) is 0 Å². The molecule has 1 heterocycles. The molecule has 3 atom stereocenters. The molecule has 300 valence electrons. The summed E-state index contributed by atoms with van der Waals surface area (Å²) in [5.41, 5.74) is 13.2. The molecular formula is C61H44S2. The molecule has 2 heteroatoms. The van der Waals surface area contributed by atoms with E-state index in [1.165, 1.54) is 119 Å². The number of hydrogen-bond acceptors (Lipinski definition) is 2. The van der Waals surface area contributed by atoms with Gasteiger partial charge in [-0.05, 0) is 160 Å². The predicted molar refractivity (Wildman–Crippen MR) is 276 cm³/mol. The third-order valence-electron chi connectivity index (χ3n) is 14.6. The molecule has 3 aliphatic carbocycles. The van der Waals surface area contributed by atoms with Gasteiger partial charge >= 0.3 is 0 Å². The van der Waals surface area contributed by atoms with Crippen molar-refractivity contribution in [1.29, 1.82) is 0 Å². The Kier molecular flexibility index (Phi) is 8.42. The molecule has 3 unspecified atom stereocenters. The highest BCUT2D eigenvalue weighted by Gasteiger charge is 2.49. The molecule has 1 fully saturated rings. The average molecular weight is 841 g/mol. The molecule has 9 aromatic carbocycles. The van der Waals surface area contributed by atoms with Gasteiger partial charge in [-0.3, -0.25) is 0 Å². The van der Waals surface area contributed by atoms with E-state index in [4.69, 9.17) is 12.6 Å². The average Bonchev–Trinajstić information content (AvgIpc) is 3.92. The molecule has 10 aromatic rings. The quantitative estimate of drug-likeness (QED) is 0.130. The van der Waals surface area contributed by atoms with Crippen LogP contribution in [0, 0.1) is 17.8 Å². The third kappa shape index (κ3) is 5.54. The highest BCUT2D eigenvalue weighted by Crippen LogP contribution is 2.61. The van der Waals surface area contributed by atoms with Gasteiger partial charge in [0, 0.05) is 25.1 Å². The van der Waals surface area contributed by atoms with E-state index in [0.29, 0.717) is 23.7 Å². The number of rotatable bonds is 5. The molecule has 1 saturated carbocycles. The molecule has 0 amide bonds. The Morgan fingerprint density at radius 2 is 1.02 bits per heavy atom. The number of hydrogen-bond donors (Lipinski definition) is 1. The van der Waals surface area contributed by atoms with Crippen molar-refractivity contribution < 1.29 is 0 Å². The first kappa shape index (κ1) is 37.1. The van der Waals surface area contributed by atoms with Crippen LogP contribution in [0.15, 0.2) is 199 Å². The fourth-order valence-corrected chi connectivity index (χ4v) is 13.3. The van der Waals surface area contributed by atoms with E-state index in [2.05, 4.69) is 202 Å². The first-order chi connectivity index (χ1) is 31.0. The highest BCUT2D eigenvalue weighted by molar-refractivity contribution is 7.80. The molecule has 0 saturated heterocycles. The maximum atomic E-state index is 5.39. The lowest BCUT2D eigenvalue weighted by atomic mass is 9.74. The van der Waals surface area contributed by atoms with Crippen molar-refractivity contribution in [1.82, 2.24) is 0 Å². The Morgan fingerprint density at radius 3 is 1.63 bits per heavy atom. The topological polar surface area (TPSA) is 0 Å². The summed E-state index contributed by atoms with van der Waals surface area (Å²) >= 11 is 7.26. The Balaban J connectivity index is 1.04. The minimum Gasteiger partial charge on any atom is -0.143 e. The molecule has 63 heavy (non-hydrogen) atoms. The smallest absolute Gasteiger partial charge is 0.0355 e. The van der Waals surface area contributed by atoms with Crippen molar-refractivity contribution in [2.45, 2.75) is 31.1 Å².